The highest BCUT2D eigenvalue weighted by Crippen LogP contribution is 2.30. The highest BCUT2D eigenvalue weighted by Gasteiger charge is 2.29. The maximum absolute atomic E-state index is 12.6. The van der Waals surface area contributed by atoms with Gasteiger partial charge in [0.25, 0.3) is 5.91 Å². The molecular weight excluding hydrogens is 342 g/mol. The molecule has 0 fully saturated rings. The number of benzene rings is 1. The molecule has 4 rings (SSSR count). The van der Waals surface area contributed by atoms with Crippen molar-refractivity contribution in [2.45, 2.75) is 52.4 Å². The van der Waals surface area contributed by atoms with Gasteiger partial charge in [0.15, 0.2) is 5.69 Å². The number of rotatable bonds is 5. The van der Waals surface area contributed by atoms with Crippen LogP contribution in [-0.2, 0) is 17.7 Å². The van der Waals surface area contributed by atoms with Crippen molar-refractivity contribution in [2.75, 3.05) is 6.54 Å². The number of carbonyl (C=O) groups excluding carboxylic acids is 1. The summed E-state index contributed by atoms with van der Waals surface area (Å²) in [6.07, 6.45) is 1.57. The molecule has 1 aliphatic rings. The molecule has 0 bridgehead atoms. The Kier molecular flexibility index (Phi) is 4.70. The topological polar surface area (TPSA) is 84.8 Å². The monoisotopic (exact) mass is 367 g/mol. The SMILES string of the molecule is Cc1nc2ccccc2n1CCCNC(=O)c1n[nH]c2c1C[C@@H](C)O[C@H]2C. The van der Waals surface area contributed by atoms with Gasteiger partial charge >= 0.3 is 0 Å². The summed E-state index contributed by atoms with van der Waals surface area (Å²) in [5.74, 6) is 0.868. The van der Waals surface area contributed by atoms with E-state index in [9.17, 15) is 4.79 Å². The minimum absolute atomic E-state index is 0.0599. The molecule has 142 valence electrons. The molecule has 7 heteroatoms. The summed E-state index contributed by atoms with van der Waals surface area (Å²) < 4.78 is 7.97. The molecule has 0 saturated heterocycles. The Balaban J connectivity index is 1.37. The van der Waals surface area contributed by atoms with E-state index in [0.29, 0.717) is 18.7 Å². The second kappa shape index (κ2) is 7.15. The van der Waals surface area contributed by atoms with Gasteiger partial charge < -0.3 is 14.6 Å². The number of carbonyl (C=O) groups is 1. The average Bonchev–Trinajstić information content (AvgIpc) is 3.19. The van der Waals surface area contributed by atoms with Crippen molar-refractivity contribution in [2.24, 2.45) is 0 Å². The predicted octanol–water partition coefficient (Wildman–Crippen LogP) is 2.91. The van der Waals surface area contributed by atoms with E-state index >= 15 is 0 Å². The Morgan fingerprint density at radius 1 is 1.37 bits per heavy atom. The van der Waals surface area contributed by atoms with Crippen LogP contribution in [-0.4, -0.2) is 38.3 Å². The number of imidazole rings is 1. The second-order valence-corrected chi connectivity index (χ2v) is 7.17. The Labute approximate surface area is 158 Å². The fourth-order valence-corrected chi connectivity index (χ4v) is 3.86. The Hall–Kier alpha value is -2.67. The van der Waals surface area contributed by atoms with Crippen LogP contribution < -0.4 is 5.32 Å². The zero-order valence-corrected chi connectivity index (χ0v) is 16.0. The summed E-state index contributed by atoms with van der Waals surface area (Å²) in [7, 11) is 0. The lowest BCUT2D eigenvalue weighted by molar-refractivity contribution is -0.00697. The lowest BCUT2D eigenvalue weighted by atomic mass is 9.99. The van der Waals surface area contributed by atoms with Crippen molar-refractivity contribution >= 4 is 16.9 Å². The number of nitrogens with one attached hydrogen (secondary N) is 2. The third-order valence-electron chi connectivity index (χ3n) is 5.14. The van der Waals surface area contributed by atoms with Crippen molar-refractivity contribution in [3.8, 4) is 0 Å². The van der Waals surface area contributed by atoms with Gasteiger partial charge in [0.1, 0.15) is 5.82 Å². The van der Waals surface area contributed by atoms with Gasteiger partial charge in [-0.3, -0.25) is 9.89 Å². The maximum atomic E-state index is 12.6. The number of hydrogen-bond acceptors (Lipinski definition) is 4. The zero-order valence-electron chi connectivity index (χ0n) is 16.0. The number of ether oxygens (including phenoxy) is 1. The molecule has 0 aliphatic carbocycles. The molecule has 2 atom stereocenters. The molecule has 3 aromatic rings. The van der Waals surface area contributed by atoms with Gasteiger partial charge in [0.2, 0.25) is 0 Å². The van der Waals surface area contributed by atoms with Gasteiger partial charge in [-0.1, -0.05) is 12.1 Å². The number of aryl methyl sites for hydroxylation is 2. The van der Waals surface area contributed by atoms with Gasteiger partial charge in [-0.05, 0) is 39.3 Å². The molecule has 0 saturated carbocycles. The predicted molar refractivity (Wildman–Crippen MR) is 103 cm³/mol. The first-order valence-electron chi connectivity index (χ1n) is 9.47. The van der Waals surface area contributed by atoms with E-state index in [-0.39, 0.29) is 18.1 Å². The summed E-state index contributed by atoms with van der Waals surface area (Å²) in [4.78, 5) is 17.2. The van der Waals surface area contributed by atoms with E-state index in [1.54, 1.807) is 0 Å². The van der Waals surface area contributed by atoms with Gasteiger partial charge in [-0.25, -0.2) is 4.98 Å². The van der Waals surface area contributed by atoms with Crippen molar-refractivity contribution < 1.29 is 9.53 Å². The molecule has 0 spiro atoms. The van der Waals surface area contributed by atoms with E-state index in [2.05, 4.69) is 31.1 Å². The molecule has 0 radical (unpaired) electrons. The summed E-state index contributed by atoms with van der Waals surface area (Å²) in [5, 5.41) is 10.2. The van der Waals surface area contributed by atoms with Gasteiger partial charge in [0, 0.05) is 25.1 Å². The van der Waals surface area contributed by atoms with Crippen LogP contribution >= 0.6 is 0 Å². The first-order chi connectivity index (χ1) is 13.0. The van der Waals surface area contributed by atoms with E-state index in [4.69, 9.17) is 4.74 Å². The number of para-hydroxylation sites is 2. The van der Waals surface area contributed by atoms with Crippen molar-refractivity contribution in [1.29, 1.82) is 0 Å². The number of fused-ring (bicyclic) bond motifs is 2. The van der Waals surface area contributed by atoms with E-state index in [1.807, 2.05) is 39.0 Å². The standard InChI is InChI=1S/C20H25N5O2/c1-12-11-15-18(13(2)27-12)23-24-19(15)20(26)21-9-6-10-25-14(3)22-16-7-4-5-8-17(16)25/h4-5,7-8,12-13H,6,9-11H2,1-3H3,(H,21,26)(H,23,24)/t12-,13+/m1/s1. The molecule has 3 heterocycles. The van der Waals surface area contributed by atoms with Crippen LogP contribution in [0.15, 0.2) is 24.3 Å². The lowest BCUT2D eigenvalue weighted by Gasteiger charge is -2.25. The molecule has 2 N–H and O–H groups in total. The molecular formula is C20H25N5O2. The fourth-order valence-electron chi connectivity index (χ4n) is 3.86. The zero-order chi connectivity index (χ0) is 19.0. The molecule has 7 nitrogen and oxygen atoms in total. The molecule has 1 aromatic carbocycles. The van der Waals surface area contributed by atoms with Gasteiger partial charge in [-0.15, -0.1) is 0 Å². The third kappa shape index (κ3) is 3.35. The number of hydrogen-bond donors (Lipinski definition) is 2. The summed E-state index contributed by atoms with van der Waals surface area (Å²) in [6.45, 7) is 7.41. The average molecular weight is 367 g/mol. The van der Waals surface area contributed by atoms with Crippen molar-refractivity contribution in [3.63, 3.8) is 0 Å². The Bertz CT molecular complexity index is 974. The molecule has 27 heavy (non-hydrogen) atoms. The number of H-pyrrole nitrogens is 1. The number of nitrogens with zero attached hydrogens (tertiary/aromatic N) is 3. The second-order valence-electron chi connectivity index (χ2n) is 7.17. The highest BCUT2D eigenvalue weighted by atomic mass is 16.5. The molecule has 1 aliphatic heterocycles. The van der Waals surface area contributed by atoms with Gasteiger partial charge in [0.05, 0.1) is 28.9 Å². The van der Waals surface area contributed by atoms with E-state index in [1.165, 1.54) is 0 Å². The number of aromatic amines is 1. The lowest BCUT2D eigenvalue weighted by Crippen LogP contribution is -2.28. The number of aromatic nitrogens is 4. The summed E-state index contributed by atoms with van der Waals surface area (Å²) >= 11 is 0. The summed E-state index contributed by atoms with van der Waals surface area (Å²) in [6, 6.07) is 8.12. The van der Waals surface area contributed by atoms with E-state index in [0.717, 1.165) is 41.1 Å². The quantitative estimate of drug-likeness (QED) is 0.679. The fraction of sp³-hybridized carbons (Fsp3) is 0.450. The Morgan fingerprint density at radius 2 is 2.19 bits per heavy atom. The first-order valence-corrected chi connectivity index (χ1v) is 9.47. The minimum Gasteiger partial charge on any atom is -0.369 e. The minimum atomic E-state index is -0.124. The van der Waals surface area contributed by atoms with Crippen molar-refractivity contribution in [3.05, 3.63) is 47.0 Å². The smallest absolute Gasteiger partial charge is 0.272 e. The van der Waals surface area contributed by atoms with Crippen LogP contribution in [0.2, 0.25) is 0 Å². The Morgan fingerprint density at radius 3 is 3.04 bits per heavy atom. The highest BCUT2D eigenvalue weighted by molar-refractivity contribution is 5.94. The molecule has 0 unspecified atom stereocenters. The van der Waals surface area contributed by atoms with Crippen LogP contribution in [0, 0.1) is 6.92 Å². The van der Waals surface area contributed by atoms with E-state index < -0.39 is 0 Å². The van der Waals surface area contributed by atoms with Crippen molar-refractivity contribution in [1.82, 2.24) is 25.1 Å². The van der Waals surface area contributed by atoms with Crippen LogP contribution in [0.3, 0.4) is 0 Å². The molecule has 1 amide bonds. The van der Waals surface area contributed by atoms with Crippen LogP contribution in [0.1, 0.15) is 53.9 Å². The number of amides is 1. The van der Waals surface area contributed by atoms with Crippen LogP contribution in [0.5, 0.6) is 0 Å². The maximum Gasteiger partial charge on any atom is 0.272 e. The first kappa shape index (κ1) is 17.7. The third-order valence-corrected chi connectivity index (χ3v) is 5.14. The van der Waals surface area contributed by atoms with Gasteiger partial charge in [-0.2, -0.15) is 5.10 Å². The summed E-state index contributed by atoms with van der Waals surface area (Å²) in [5.41, 5.74) is 4.53. The normalized spacial score (nSPS) is 19.2. The van der Waals surface area contributed by atoms with Crippen LogP contribution in [0.4, 0.5) is 0 Å². The largest absolute Gasteiger partial charge is 0.369 e. The molecule has 2 aromatic heterocycles. The van der Waals surface area contributed by atoms with Crippen LogP contribution in [0.25, 0.3) is 11.0 Å².